The molecule has 0 heterocycles. The van der Waals surface area contributed by atoms with E-state index in [0.29, 0.717) is 19.5 Å². The second-order valence-corrected chi connectivity index (χ2v) is 5.66. The molecule has 0 aliphatic rings. The Morgan fingerprint density at radius 2 is 1.94 bits per heavy atom. The number of amides is 2. The molecule has 0 radical (unpaired) electrons. The molecular weight excluding hydrogens is 204 g/mol. The van der Waals surface area contributed by atoms with Gasteiger partial charge in [-0.3, -0.25) is 0 Å². The van der Waals surface area contributed by atoms with E-state index in [0.717, 1.165) is 0 Å². The van der Waals surface area contributed by atoms with Crippen LogP contribution in [0.15, 0.2) is 0 Å². The Labute approximate surface area is 99.0 Å². The van der Waals surface area contributed by atoms with Crippen LogP contribution in [0.5, 0.6) is 0 Å². The summed E-state index contributed by atoms with van der Waals surface area (Å²) in [4.78, 5) is 13.6. The lowest BCUT2D eigenvalue weighted by molar-refractivity contribution is 0.163. The van der Waals surface area contributed by atoms with Crippen LogP contribution in [0.2, 0.25) is 0 Å². The first-order valence-corrected chi connectivity index (χ1v) is 5.92. The van der Waals surface area contributed by atoms with Crippen molar-refractivity contribution in [2.75, 3.05) is 19.7 Å². The van der Waals surface area contributed by atoms with E-state index in [2.05, 4.69) is 26.1 Å². The third-order valence-electron chi connectivity index (χ3n) is 1.95. The molecule has 0 unspecified atom stereocenters. The standard InChI is InChI=1S/C12H26N2O2/c1-10(2)13-11(16)14(7-6-8-15)9-12(3,4)5/h10,15H,6-9H2,1-5H3,(H,13,16). The Hall–Kier alpha value is -0.770. The highest BCUT2D eigenvalue weighted by Gasteiger charge is 2.20. The van der Waals surface area contributed by atoms with Crippen molar-refractivity contribution >= 4 is 6.03 Å². The minimum Gasteiger partial charge on any atom is -0.396 e. The number of urea groups is 1. The van der Waals surface area contributed by atoms with Gasteiger partial charge < -0.3 is 15.3 Å². The van der Waals surface area contributed by atoms with Gasteiger partial charge in [0, 0.05) is 25.7 Å². The molecule has 0 aromatic carbocycles. The van der Waals surface area contributed by atoms with Crippen LogP contribution in [0.1, 0.15) is 41.0 Å². The summed E-state index contributed by atoms with van der Waals surface area (Å²) >= 11 is 0. The number of carbonyl (C=O) groups is 1. The van der Waals surface area contributed by atoms with Gasteiger partial charge in [-0.05, 0) is 25.7 Å². The van der Waals surface area contributed by atoms with Gasteiger partial charge in [-0.15, -0.1) is 0 Å². The monoisotopic (exact) mass is 230 g/mol. The summed E-state index contributed by atoms with van der Waals surface area (Å²) in [5.74, 6) is 0. The molecule has 2 N–H and O–H groups in total. The predicted molar refractivity (Wildman–Crippen MR) is 66.4 cm³/mol. The van der Waals surface area contributed by atoms with Gasteiger partial charge in [0.1, 0.15) is 0 Å². The summed E-state index contributed by atoms with van der Waals surface area (Å²) in [7, 11) is 0. The third kappa shape index (κ3) is 7.51. The minimum atomic E-state index is -0.0432. The Morgan fingerprint density at radius 1 is 1.38 bits per heavy atom. The van der Waals surface area contributed by atoms with Gasteiger partial charge in [0.05, 0.1) is 0 Å². The van der Waals surface area contributed by atoms with Crippen molar-refractivity contribution in [2.45, 2.75) is 47.1 Å². The normalized spacial score (nSPS) is 11.7. The fourth-order valence-corrected chi connectivity index (χ4v) is 1.42. The molecule has 16 heavy (non-hydrogen) atoms. The molecular formula is C12H26N2O2. The molecule has 0 atom stereocenters. The zero-order chi connectivity index (χ0) is 12.8. The fraction of sp³-hybridized carbons (Fsp3) is 0.917. The van der Waals surface area contributed by atoms with Gasteiger partial charge in [0.25, 0.3) is 0 Å². The van der Waals surface area contributed by atoms with Crippen LogP contribution < -0.4 is 5.32 Å². The van der Waals surface area contributed by atoms with Crippen LogP contribution in [-0.4, -0.2) is 41.8 Å². The Balaban J connectivity index is 4.35. The zero-order valence-corrected chi connectivity index (χ0v) is 11.2. The van der Waals surface area contributed by atoms with Crippen LogP contribution in [0, 0.1) is 5.41 Å². The SMILES string of the molecule is CC(C)NC(=O)N(CCCO)CC(C)(C)C. The molecule has 0 aromatic heterocycles. The van der Waals surface area contributed by atoms with Crippen LogP contribution in [0.25, 0.3) is 0 Å². The molecule has 0 rings (SSSR count). The van der Waals surface area contributed by atoms with Crippen LogP contribution in [0.3, 0.4) is 0 Å². The number of hydrogen-bond donors (Lipinski definition) is 2. The van der Waals surface area contributed by atoms with E-state index in [1.54, 1.807) is 4.90 Å². The summed E-state index contributed by atoms with van der Waals surface area (Å²) in [5, 5.41) is 11.7. The molecule has 2 amide bonds. The molecule has 0 aliphatic heterocycles. The summed E-state index contributed by atoms with van der Waals surface area (Å²) < 4.78 is 0. The molecule has 0 bridgehead atoms. The van der Waals surface area contributed by atoms with Gasteiger partial charge in [-0.25, -0.2) is 4.79 Å². The highest BCUT2D eigenvalue weighted by Crippen LogP contribution is 2.15. The van der Waals surface area contributed by atoms with Crippen molar-refractivity contribution in [1.82, 2.24) is 10.2 Å². The maximum absolute atomic E-state index is 11.9. The fourth-order valence-electron chi connectivity index (χ4n) is 1.42. The average Bonchev–Trinajstić information content (AvgIpc) is 2.09. The lowest BCUT2D eigenvalue weighted by Crippen LogP contribution is -2.46. The Kier molecular flexibility index (Phi) is 6.41. The van der Waals surface area contributed by atoms with Crippen molar-refractivity contribution in [3.63, 3.8) is 0 Å². The first-order valence-electron chi connectivity index (χ1n) is 5.92. The van der Waals surface area contributed by atoms with E-state index in [-0.39, 0.29) is 24.1 Å². The van der Waals surface area contributed by atoms with E-state index < -0.39 is 0 Å². The highest BCUT2D eigenvalue weighted by molar-refractivity contribution is 5.74. The van der Waals surface area contributed by atoms with Crippen molar-refractivity contribution in [3.05, 3.63) is 0 Å². The van der Waals surface area contributed by atoms with E-state index in [9.17, 15) is 4.79 Å². The molecule has 0 spiro atoms. The van der Waals surface area contributed by atoms with Crippen LogP contribution in [-0.2, 0) is 0 Å². The lowest BCUT2D eigenvalue weighted by atomic mass is 9.96. The molecule has 4 nitrogen and oxygen atoms in total. The summed E-state index contributed by atoms with van der Waals surface area (Å²) in [6.07, 6.45) is 0.627. The first-order chi connectivity index (χ1) is 7.26. The third-order valence-corrected chi connectivity index (χ3v) is 1.95. The van der Waals surface area contributed by atoms with Crippen molar-refractivity contribution in [3.8, 4) is 0 Å². The predicted octanol–water partition coefficient (Wildman–Crippen LogP) is 1.83. The van der Waals surface area contributed by atoms with E-state index in [4.69, 9.17) is 5.11 Å². The van der Waals surface area contributed by atoms with Crippen LogP contribution >= 0.6 is 0 Å². The summed E-state index contributed by atoms with van der Waals surface area (Å²) in [6.45, 7) is 11.6. The number of aliphatic hydroxyl groups excluding tert-OH is 1. The number of carbonyl (C=O) groups excluding carboxylic acids is 1. The molecule has 0 fully saturated rings. The van der Waals surface area contributed by atoms with Gasteiger partial charge in [0.2, 0.25) is 0 Å². The summed E-state index contributed by atoms with van der Waals surface area (Å²) in [5.41, 5.74) is 0.0732. The van der Waals surface area contributed by atoms with Crippen molar-refractivity contribution < 1.29 is 9.90 Å². The first kappa shape index (κ1) is 15.2. The maximum atomic E-state index is 11.9. The molecule has 96 valence electrons. The minimum absolute atomic E-state index is 0.0432. The Bertz CT molecular complexity index is 210. The van der Waals surface area contributed by atoms with Crippen molar-refractivity contribution in [2.24, 2.45) is 5.41 Å². The molecule has 0 saturated heterocycles. The number of nitrogens with zero attached hydrogens (tertiary/aromatic N) is 1. The van der Waals surface area contributed by atoms with E-state index in [1.807, 2.05) is 13.8 Å². The van der Waals surface area contributed by atoms with Gasteiger partial charge in [-0.2, -0.15) is 0 Å². The largest absolute Gasteiger partial charge is 0.396 e. The topological polar surface area (TPSA) is 52.6 Å². The molecule has 0 aliphatic carbocycles. The second-order valence-electron chi connectivity index (χ2n) is 5.66. The second kappa shape index (κ2) is 6.74. The van der Waals surface area contributed by atoms with Gasteiger partial charge >= 0.3 is 6.03 Å². The van der Waals surface area contributed by atoms with Gasteiger partial charge in [-0.1, -0.05) is 20.8 Å². The number of aliphatic hydroxyl groups is 1. The maximum Gasteiger partial charge on any atom is 0.317 e. The quantitative estimate of drug-likeness (QED) is 0.757. The zero-order valence-electron chi connectivity index (χ0n) is 11.2. The number of hydrogen-bond acceptors (Lipinski definition) is 2. The lowest BCUT2D eigenvalue weighted by Gasteiger charge is -2.30. The number of nitrogens with one attached hydrogen (secondary N) is 1. The molecule has 4 heteroatoms. The van der Waals surface area contributed by atoms with E-state index >= 15 is 0 Å². The highest BCUT2D eigenvalue weighted by atomic mass is 16.3. The Morgan fingerprint density at radius 3 is 2.31 bits per heavy atom. The van der Waals surface area contributed by atoms with E-state index in [1.165, 1.54) is 0 Å². The van der Waals surface area contributed by atoms with Gasteiger partial charge in [0.15, 0.2) is 0 Å². The smallest absolute Gasteiger partial charge is 0.317 e. The van der Waals surface area contributed by atoms with Crippen LogP contribution in [0.4, 0.5) is 4.79 Å². The molecule has 0 saturated carbocycles. The molecule has 0 aromatic rings. The number of rotatable bonds is 5. The van der Waals surface area contributed by atoms with Crippen molar-refractivity contribution in [1.29, 1.82) is 0 Å². The average molecular weight is 230 g/mol. The summed E-state index contributed by atoms with van der Waals surface area (Å²) in [6, 6.07) is 0.0995.